The number of nitrogens with zero attached hydrogens (tertiary/aromatic N) is 2. The van der Waals surface area contributed by atoms with E-state index in [0.29, 0.717) is 18.4 Å². The number of aliphatic hydroxyl groups excluding tert-OH is 1. The lowest BCUT2D eigenvalue weighted by molar-refractivity contribution is -0.914. The number of piperidine rings is 1. The summed E-state index contributed by atoms with van der Waals surface area (Å²) < 4.78 is 4.40. The van der Waals surface area contributed by atoms with Crippen molar-refractivity contribution < 1.29 is 22.4 Å². The lowest BCUT2D eigenvalue weighted by atomic mass is 9.83. The fraction of sp³-hybridized carbons (Fsp3) is 0.500. The Balaban J connectivity index is 0.00000216. The van der Waals surface area contributed by atoms with Crippen LogP contribution in [-0.4, -0.2) is 40.0 Å². The second kappa shape index (κ2) is 8.69. The normalized spacial score (nSPS) is 25.0. The highest BCUT2D eigenvalue weighted by Crippen LogP contribution is 2.33. The largest absolute Gasteiger partial charge is 1.00 e. The van der Waals surface area contributed by atoms with Gasteiger partial charge in [0, 0.05) is 46.7 Å². The van der Waals surface area contributed by atoms with Crippen LogP contribution in [0.3, 0.4) is 0 Å². The molecule has 2 aromatic heterocycles. The molecule has 2 aliphatic heterocycles. The summed E-state index contributed by atoms with van der Waals surface area (Å²) in [4.78, 5) is 13.8. The fourth-order valence-electron chi connectivity index (χ4n) is 6.69. The highest BCUT2D eigenvalue weighted by Gasteiger charge is 2.37. The van der Waals surface area contributed by atoms with Crippen molar-refractivity contribution in [2.45, 2.75) is 57.2 Å². The van der Waals surface area contributed by atoms with E-state index in [0.717, 1.165) is 32.6 Å². The molecule has 32 heavy (non-hydrogen) atoms. The summed E-state index contributed by atoms with van der Waals surface area (Å²) in [5.41, 5.74) is 5.58. The number of rotatable bonds is 4. The van der Waals surface area contributed by atoms with E-state index in [2.05, 4.69) is 34.9 Å². The van der Waals surface area contributed by atoms with E-state index in [1.807, 2.05) is 10.6 Å². The number of likely N-dealkylation sites (tertiary alicyclic amines) is 1. The van der Waals surface area contributed by atoms with Crippen LogP contribution < -0.4 is 22.9 Å². The van der Waals surface area contributed by atoms with Crippen LogP contribution in [-0.2, 0) is 25.9 Å². The number of quaternary nitrogens is 1. The van der Waals surface area contributed by atoms with E-state index in [4.69, 9.17) is 0 Å². The maximum atomic E-state index is 12.3. The molecule has 0 radical (unpaired) electrons. The molecule has 2 N–H and O–H groups in total. The van der Waals surface area contributed by atoms with Crippen molar-refractivity contribution in [3.05, 3.63) is 69.8 Å². The Morgan fingerprint density at radius 3 is 2.81 bits per heavy atom. The van der Waals surface area contributed by atoms with Crippen molar-refractivity contribution in [2.75, 3.05) is 19.6 Å². The number of hydrogen-bond acceptors (Lipinski definition) is 2. The van der Waals surface area contributed by atoms with Gasteiger partial charge in [-0.05, 0) is 49.8 Å². The summed E-state index contributed by atoms with van der Waals surface area (Å²) in [6, 6.07) is 14.4. The van der Waals surface area contributed by atoms with Crippen molar-refractivity contribution >= 4 is 10.9 Å². The van der Waals surface area contributed by atoms with Crippen LogP contribution in [0.5, 0.6) is 0 Å². The van der Waals surface area contributed by atoms with Crippen LogP contribution in [0.1, 0.15) is 42.1 Å². The third-order valence-corrected chi connectivity index (χ3v) is 7.87. The van der Waals surface area contributed by atoms with E-state index in [9.17, 15) is 9.90 Å². The molecular weight excluding hydrogens is 422 g/mol. The van der Waals surface area contributed by atoms with Crippen LogP contribution >= 0.6 is 0 Å². The number of aromatic nitrogens is 2. The van der Waals surface area contributed by atoms with Gasteiger partial charge < -0.3 is 31.5 Å². The highest BCUT2D eigenvalue weighted by atomic mass is 35.5. The van der Waals surface area contributed by atoms with E-state index in [1.165, 1.54) is 58.4 Å². The molecule has 4 atom stereocenters. The topological polar surface area (TPSA) is 51.6 Å². The van der Waals surface area contributed by atoms with Crippen LogP contribution in [0.2, 0.25) is 0 Å². The van der Waals surface area contributed by atoms with Gasteiger partial charge in [0.25, 0.3) is 5.56 Å². The number of fused-ring (bicyclic) bond motifs is 7. The predicted octanol–water partition coefficient (Wildman–Crippen LogP) is -1.25. The first-order chi connectivity index (χ1) is 15.2. The second-order valence-electron chi connectivity index (χ2n) is 9.97. The van der Waals surface area contributed by atoms with Gasteiger partial charge in [0.2, 0.25) is 0 Å². The summed E-state index contributed by atoms with van der Waals surface area (Å²) in [5.74, 6) is 0.970. The standard InChI is InChI=1S/C26H31N3O2.ClH/c30-20(17-28-24-8-3-1-6-21(24)22-7-2-4-9-25(22)28)16-27-13-18-12-19(15-27)23-10-5-11-26(31)29(23)14-18;/h1,3,5-6,8,10-11,18-20,30H,2,4,7,9,12-17H2;1H. The predicted molar refractivity (Wildman–Crippen MR) is 122 cm³/mol. The van der Waals surface area contributed by atoms with Gasteiger partial charge in [-0.1, -0.05) is 24.3 Å². The van der Waals surface area contributed by atoms with Crippen LogP contribution in [0.15, 0.2) is 47.3 Å². The molecule has 6 rings (SSSR count). The van der Waals surface area contributed by atoms with E-state index in [-0.39, 0.29) is 24.1 Å². The molecule has 6 heteroatoms. The smallest absolute Gasteiger partial charge is 0.250 e. The molecule has 4 heterocycles. The summed E-state index contributed by atoms with van der Waals surface area (Å²) >= 11 is 0. The molecule has 1 aliphatic carbocycles. The lowest BCUT2D eigenvalue weighted by Crippen LogP contribution is -3.15. The Bertz CT molecular complexity index is 1180. The number of aliphatic hydroxyl groups is 1. The van der Waals surface area contributed by atoms with Crippen molar-refractivity contribution in [3.63, 3.8) is 0 Å². The third kappa shape index (κ3) is 3.70. The number of para-hydroxylation sites is 1. The fourth-order valence-corrected chi connectivity index (χ4v) is 6.69. The first-order valence-corrected chi connectivity index (χ1v) is 12.0. The molecule has 1 aromatic carbocycles. The molecule has 3 aliphatic rings. The lowest BCUT2D eigenvalue weighted by Gasteiger charge is -2.40. The molecule has 170 valence electrons. The van der Waals surface area contributed by atoms with E-state index < -0.39 is 0 Å². The summed E-state index contributed by atoms with van der Waals surface area (Å²) in [7, 11) is 0. The number of hydrogen-bond donors (Lipinski definition) is 2. The molecule has 2 bridgehead atoms. The summed E-state index contributed by atoms with van der Waals surface area (Å²) in [6.45, 7) is 4.37. The Labute approximate surface area is 195 Å². The molecule has 5 nitrogen and oxygen atoms in total. The van der Waals surface area contributed by atoms with Crippen molar-refractivity contribution in [2.24, 2.45) is 5.92 Å². The van der Waals surface area contributed by atoms with Crippen molar-refractivity contribution in [1.29, 1.82) is 0 Å². The average molecular weight is 454 g/mol. The minimum Gasteiger partial charge on any atom is -1.00 e. The van der Waals surface area contributed by atoms with Gasteiger partial charge in [-0.3, -0.25) is 4.79 Å². The van der Waals surface area contributed by atoms with Crippen LogP contribution in [0, 0.1) is 5.92 Å². The minimum atomic E-state index is -0.353. The zero-order valence-electron chi connectivity index (χ0n) is 18.5. The van der Waals surface area contributed by atoms with Crippen molar-refractivity contribution in [3.8, 4) is 0 Å². The van der Waals surface area contributed by atoms with Crippen LogP contribution in [0.25, 0.3) is 10.9 Å². The van der Waals surface area contributed by atoms with Gasteiger partial charge in [0.1, 0.15) is 12.6 Å². The Hall–Kier alpha value is -2.08. The number of pyridine rings is 1. The molecule has 0 spiro atoms. The number of benzene rings is 1. The zero-order valence-corrected chi connectivity index (χ0v) is 19.2. The quantitative estimate of drug-likeness (QED) is 0.518. The molecule has 3 aromatic rings. The summed E-state index contributed by atoms with van der Waals surface area (Å²) in [6.07, 6.45) is 5.64. The van der Waals surface area contributed by atoms with Crippen molar-refractivity contribution in [1.82, 2.24) is 9.13 Å². The number of aryl methyl sites for hydroxylation is 1. The van der Waals surface area contributed by atoms with Gasteiger partial charge >= 0.3 is 0 Å². The maximum absolute atomic E-state index is 12.3. The van der Waals surface area contributed by atoms with Crippen LogP contribution in [0.4, 0.5) is 0 Å². The number of halogens is 1. The first-order valence-electron chi connectivity index (χ1n) is 12.0. The zero-order chi connectivity index (χ0) is 20.9. The molecule has 1 saturated heterocycles. The Kier molecular flexibility index (Phi) is 5.91. The van der Waals surface area contributed by atoms with E-state index >= 15 is 0 Å². The summed E-state index contributed by atoms with van der Waals surface area (Å²) in [5, 5.41) is 12.5. The molecule has 0 amide bonds. The highest BCUT2D eigenvalue weighted by molar-refractivity contribution is 5.85. The van der Waals surface area contributed by atoms with Gasteiger partial charge in [0.05, 0.1) is 19.6 Å². The second-order valence-corrected chi connectivity index (χ2v) is 9.97. The minimum absolute atomic E-state index is 0. The Morgan fingerprint density at radius 2 is 1.91 bits per heavy atom. The third-order valence-electron chi connectivity index (χ3n) is 7.87. The average Bonchev–Trinajstić information content (AvgIpc) is 3.08. The molecular formula is C26H32ClN3O2. The van der Waals surface area contributed by atoms with Gasteiger partial charge in [0.15, 0.2) is 0 Å². The molecule has 1 fully saturated rings. The van der Waals surface area contributed by atoms with Gasteiger partial charge in [-0.25, -0.2) is 0 Å². The van der Waals surface area contributed by atoms with Gasteiger partial charge in [-0.2, -0.15) is 0 Å². The van der Waals surface area contributed by atoms with E-state index in [1.54, 1.807) is 6.07 Å². The SMILES string of the molecule is O=c1cccc2n1CC1CC2C[NH+](CC(O)Cn2c3c(c4ccccc42)CCCC3)C1.[Cl-]. The molecule has 4 unspecified atom stereocenters. The number of nitrogens with one attached hydrogen (secondary N) is 1. The first kappa shape index (κ1) is 21.7. The monoisotopic (exact) mass is 453 g/mol. The molecule has 0 saturated carbocycles. The Morgan fingerprint density at radius 1 is 1.06 bits per heavy atom. The van der Waals surface area contributed by atoms with Gasteiger partial charge in [-0.15, -0.1) is 0 Å². The maximum Gasteiger partial charge on any atom is 0.250 e.